The summed E-state index contributed by atoms with van der Waals surface area (Å²) in [5, 5.41) is 7.31. The Kier molecular flexibility index (Phi) is 4.94. The van der Waals surface area contributed by atoms with Crippen molar-refractivity contribution in [3.63, 3.8) is 0 Å². The van der Waals surface area contributed by atoms with Gasteiger partial charge in [0, 0.05) is 22.5 Å². The lowest BCUT2D eigenvalue weighted by atomic mass is 10.1. The predicted octanol–water partition coefficient (Wildman–Crippen LogP) is 3.94. The molecule has 0 aliphatic rings. The molecule has 0 atom stereocenters. The number of fused-ring (bicyclic) bond motifs is 1. The number of rotatable bonds is 5. The van der Waals surface area contributed by atoms with Gasteiger partial charge in [-0.1, -0.05) is 30.3 Å². The fourth-order valence-corrected chi connectivity index (χ4v) is 3.11. The first-order valence-corrected chi connectivity index (χ1v) is 9.24. The van der Waals surface area contributed by atoms with E-state index in [0.29, 0.717) is 33.3 Å². The summed E-state index contributed by atoms with van der Waals surface area (Å²) in [6.07, 6.45) is 3.21. The highest BCUT2D eigenvalue weighted by atomic mass is 32.1. The molecule has 0 bridgehead atoms. The number of hydrazone groups is 1. The summed E-state index contributed by atoms with van der Waals surface area (Å²) in [6.45, 7) is 0. The topological polar surface area (TPSA) is 102 Å². The van der Waals surface area contributed by atoms with Crippen LogP contribution in [0.4, 0.5) is 10.9 Å². The minimum Gasteiger partial charge on any atom is -0.420 e. The largest absolute Gasteiger partial charge is 0.420 e. The van der Waals surface area contributed by atoms with Crippen molar-refractivity contribution in [2.75, 3.05) is 11.2 Å². The lowest BCUT2D eigenvalue weighted by molar-refractivity contribution is 0.0736. The zero-order valence-corrected chi connectivity index (χ0v) is 15.4. The van der Waals surface area contributed by atoms with Crippen LogP contribution in [0.25, 0.3) is 10.9 Å². The van der Waals surface area contributed by atoms with Crippen LogP contribution in [0, 0.1) is 0 Å². The Morgan fingerprint density at radius 2 is 2.00 bits per heavy atom. The lowest BCUT2D eigenvalue weighted by Gasteiger charge is -2.10. The Hall–Kier alpha value is -3.78. The van der Waals surface area contributed by atoms with E-state index in [-0.39, 0.29) is 0 Å². The van der Waals surface area contributed by atoms with Crippen LogP contribution in [-0.2, 0) is 0 Å². The van der Waals surface area contributed by atoms with Gasteiger partial charge >= 0.3 is 5.97 Å². The number of aromatic nitrogens is 2. The average molecular weight is 389 g/mol. The molecule has 28 heavy (non-hydrogen) atoms. The van der Waals surface area contributed by atoms with Gasteiger partial charge in [0.1, 0.15) is 11.3 Å². The third-order valence-electron chi connectivity index (χ3n) is 3.85. The van der Waals surface area contributed by atoms with Crippen molar-refractivity contribution in [3.8, 4) is 5.75 Å². The lowest BCUT2D eigenvalue weighted by Crippen LogP contribution is -2.10. The van der Waals surface area contributed by atoms with Crippen molar-refractivity contribution >= 4 is 45.4 Å². The normalized spacial score (nSPS) is 11.0. The van der Waals surface area contributed by atoms with Gasteiger partial charge in [0.2, 0.25) is 5.13 Å². The Balaban J connectivity index is 1.67. The second-order valence-electron chi connectivity index (χ2n) is 5.76. The number of nitrogens with two attached hydrogens (primary N) is 1. The van der Waals surface area contributed by atoms with E-state index in [0.717, 1.165) is 5.39 Å². The molecule has 0 saturated carbocycles. The van der Waals surface area contributed by atoms with Crippen molar-refractivity contribution in [2.24, 2.45) is 5.10 Å². The van der Waals surface area contributed by atoms with Gasteiger partial charge in [-0.25, -0.2) is 9.78 Å². The Labute approximate surface area is 164 Å². The van der Waals surface area contributed by atoms with Gasteiger partial charge in [0.05, 0.1) is 11.8 Å². The zero-order chi connectivity index (χ0) is 19.3. The maximum atomic E-state index is 12.6. The first-order chi connectivity index (χ1) is 13.7. The Bertz CT molecular complexity index is 1160. The fraction of sp³-hybridized carbons (Fsp3) is 0. The van der Waals surface area contributed by atoms with Gasteiger partial charge in [-0.2, -0.15) is 5.10 Å². The molecule has 7 nitrogen and oxygen atoms in total. The molecule has 4 aromatic rings. The van der Waals surface area contributed by atoms with Gasteiger partial charge in [-0.05, 0) is 24.3 Å². The van der Waals surface area contributed by atoms with Gasteiger partial charge in [-0.3, -0.25) is 10.4 Å². The Morgan fingerprint density at radius 1 is 1.14 bits per heavy atom. The van der Waals surface area contributed by atoms with Crippen molar-refractivity contribution in [3.05, 3.63) is 77.3 Å². The highest BCUT2D eigenvalue weighted by Crippen LogP contribution is 2.28. The second-order valence-corrected chi connectivity index (χ2v) is 6.62. The van der Waals surface area contributed by atoms with Crippen LogP contribution >= 0.6 is 11.3 Å². The van der Waals surface area contributed by atoms with Crippen molar-refractivity contribution in [1.29, 1.82) is 0 Å². The van der Waals surface area contributed by atoms with E-state index in [1.165, 1.54) is 11.3 Å². The maximum Gasteiger partial charge on any atom is 0.343 e. The molecule has 3 N–H and O–H groups in total. The number of anilines is 2. The van der Waals surface area contributed by atoms with Crippen LogP contribution in [0.15, 0.2) is 71.3 Å². The summed E-state index contributed by atoms with van der Waals surface area (Å²) in [5.74, 6) is 0.306. The number of hydrogen-bond acceptors (Lipinski definition) is 8. The van der Waals surface area contributed by atoms with Gasteiger partial charge in [-0.15, -0.1) is 11.3 Å². The molecule has 2 aromatic carbocycles. The van der Waals surface area contributed by atoms with E-state index >= 15 is 0 Å². The zero-order valence-electron chi connectivity index (χ0n) is 14.6. The average Bonchev–Trinajstić information content (AvgIpc) is 3.15. The summed E-state index contributed by atoms with van der Waals surface area (Å²) < 4.78 is 5.70. The molecule has 8 heteroatoms. The number of benzene rings is 2. The number of hydrogen-bond donors (Lipinski definition) is 2. The number of nitrogens with one attached hydrogen (secondary N) is 1. The summed E-state index contributed by atoms with van der Waals surface area (Å²) in [4.78, 5) is 21.0. The fourth-order valence-electron chi connectivity index (χ4n) is 2.56. The van der Waals surface area contributed by atoms with Crippen molar-refractivity contribution < 1.29 is 9.53 Å². The molecular weight excluding hydrogens is 374 g/mol. The molecule has 4 rings (SSSR count). The van der Waals surface area contributed by atoms with E-state index in [4.69, 9.17) is 10.5 Å². The molecule has 0 fully saturated rings. The third-order valence-corrected chi connectivity index (χ3v) is 4.61. The van der Waals surface area contributed by atoms with Crippen LogP contribution in [0.5, 0.6) is 5.75 Å². The minimum atomic E-state index is -0.464. The summed E-state index contributed by atoms with van der Waals surface area (Å²) in [5.41, 5.74) is 10.0. The smallest absolute Gasteiger partial charge is 0.343 e. The quantitative estimate of drug-likeness (QED) is 0.232. The molecular formula is C20H15N5O2S. The number of pyridine rings is 1. The van der Waals surface area contributed by atoms with Crippen LogP contribution in [0.2, 0.25) is 0 Å². The molecule has 0 unspecified atom stereocenters. The predicted molar refractivity (Wildman–Crippen MR) is 111 cm³/mol. The van der Waals surface area contributed by atoms with Crippen LogP contribution in [0.3, 0.4) is 0 Å². The monoisotopic (exact) mass is 389 g/mol. The number of nitrogen functional groups attached to an aromatic ring is 1. The summed E-state index contributed by atoms with van der Waals surface area (Å²) in [7, 11) is 0. The number of ether oxygens (including phenoxy) is 1. The first-order valence-electron chi connectivity index (χ1n) is 8.36. The van der Waals surface area contributed by atoms with Gasteiger partial charge in [0.25, 0.3) is 0 Å². The van der Waals surface area contributed by atoms with Gasteiger partial charge in [0.15, 0.2) is 5.75 Å². The van der Waals surface area contributed by atoms with E-state index in [1.54, 1.807) is 42.1 Å². The summed E-state index contributed by atoms with van der Waals surface area (Å²) >= 11 is 1.34. The van der Waals surface area contributed by atoms with E-state index in [9.17, 15) is 4.79 Å². The van der Waals surface area contributed by atoms with Gasteiger partial charge < -0.3 is 10.5 Å². The molecule has 0 radical (unpaired) electrons. The highest BCUT2D eigenvalue weighted by Gasteiger charge is 2.15. The van der Waals surface area contributed by atoms with Crippen LogP contribution in [0.1, 0.15) is 15.9 Å². The second kappa shape index (κ2) is 7.85. The minimum absolute atomic E-state index is 0.344. The molecule has 2 heterocycles. The molecule has 0 spiro atoms. The third kappa shape index (κ3) is 3.81. The molecule has 0 amide bonds. The molecule has 0 aliphatic heterocycles. The van der Waals surface area contributed by atoms with E-state index in [2.05, 4.69) is 20.5 Å². The molecule has 2 aromatic heterocycles. The number of thiazole rings is 1. The first kappa shape index (κ1) is 17.6. The molecule has 0 aliphatic carbocycles. The SMILES string of the molecule is Nc1csc(NN=Cc2ccc3cccnc3c2OC(=O)c2ccccc2)n1. The molecule has 138 valence electrons. The standard InChI is InChI=1S/C20H15N5O2S/c21-16-12-28-20(24-16)25-23-11-15-9-8-13-7-4-10-22-17(13)18(15)27-19(26)14-5-2-1-3-6-14/h1-12H,21H2,(H,24,25). The summed E-state index contributed by atoms with van der Waals surface area (Å²) in [6, 6.07) is 16.2. The number of carbonyl (C=O) groups excluding carboxylic acids is 1. The van der Waals surface area contributed by atoms with Crippen LogP contribution < -0.4 is 15.9 Å². The van der Waals surface area contributed by atoms with Crippen molar-refractivity contribution in [2.45, 2.75) is 0 Å². The maximum absolute atomic E-state index is 12.6. The molecule has 0 saturated heterocycles. The van der Waals surface area contributed by atoms with E-state index < -0.39 is 5.97 Å². The highest BCUT2D eigenvalue weighted by molar-refractivity contribution is 7.14. The Morgan fingerprint density at radius 3 is 2.79 bits per heavy atom. The number of carbonyl (C=O) groups is 1. The van der Waals surface area contributed by atoms with Crippen LogP contribution in [-0.4, -0.2) is 22.2 Å². The number of esters is 1. The van der Waals surface area contributed by atoms with Crippen molar-refractivity contribution in [1.82, 2.24) is 9.97 Å². The van der Waals surface area contributed by atoms with E-state index in [1.807, 2.05) is 30.3 Å². The number of nitrogens with zero attached hydrogens (tertiary/aromatic N) is 3.